The fourth-order valence-electron chi connectivity index (χ4n) is 3.18. The Morgan fingerprint density at radius 2 is 2.00 bits per heavy atom. The van der Waals surface area contributed by atoms with Crippen molar-refractivity contribution in [2.24, 2.45) is 11.3 Å². The molecule has 0 radical (unpaired) electrons. The van der Waals surface area contributed by atoms with Gasteiger partial charge in [0.1, 0.15) is 20.9 Å². The van der Waals surface area contributed by atoms with Crippen molar-refractivity contribution in [1.82, 2.24) is 9.97 Å². The van der Waals surface area contributed by atoms with E-state index in [0.717, 1.165) is 28.1 Å². The van der Waals surface area contributed by atoms with Crippen molar-refractivity contribution in [1.29, 1.82) is 0 Å². The monoisotopic (exact) mass is 364 g/mol. The number of hydrogen-bond donors (Lipinski definition) is 1. The van der Waals surface area contributed by atoms with E-state index in [-0.39, 0.29) is 0 Å². The van der Waals surface area contributed by atoms with Gasteiger partial charge in [-0.2, -0.15) is 0 Å². The van der Waals surface area contributed by atoms with Crippen LogP contribution >= 0.6 is 23.1 Å². The van der Waals surface area contributed by atoms with Crippen LogP contribution in [0.25, 0.3) is 10.2 Å². The molecule has 4 nitrogen and oxygen atoms in total. The molecule has 1 unspecified atom stereocenters. The lowest BCUT2D eigenvalue weighted by molar-refractivity contribution is -0.138. The number of carboxylic acid groups (broad SMARTS) is 1. The Kier molecular flexibility index (Phi) is 4.41. The molecule has 0 fully saturated rings. The molecule has 2 heterocycles. The highest BCUT2D eigenvalue weighted by Gasteiger charge is 2.34. The summed E-state index contributed by atoms with van der Waals surface area (Å²) < 4.78 is -0.904. The normalized spacial score (nSPS) is 18.6. The van der Waals surface area contributed by atoms with Gasteiger partial charge >= 0.3 is 5.97 Å². The average molecular weight is 365 g/mol. The second-order valence-electron chi connectivity index (χ2n) is 8.09. The Bertz CT molecular complexity index is 790. The lowest BCUT2D eigenvalue weighted by atomic mass is 9.72. The summed E-state index contributed by atoms with van der Waals surface area (Å²) in [6.07, 6.45) is 4.85. The van der Waals surface area contributed by atoms with E-state index in [0.29, 0.717) is 11.3 Å². The van der Waals surface area contributed by atoms with E-state index < -0.39 is 10.7 Å². The first-order valence-electron chi connectivity index (χ1n) is 8.27. The summed E-state index contributed by atoms with van der Waals surface area (Å²) >= 11 is 3.08. The van der Waals surface area contributed by atoms with Gasteiger partial charge < -0.3 is 5.11 Å². The summed E-state index contributed by atoms with van der Waals surface area (Å²) in [7, 11) is 0. The summed E-state index contributed by atoms with van der Waals surface area (Å²) in [6.45, 7) is 10.4. The molecule has 0 aromatic carbocycles. The number of fused-ring (bicyclic) bond motifs is 3. The molecule has 0 amide bonds. The first-order valence-corrected chi connectivity index (χ1v) is 9.90. The van der Waals surface area contributed by atoms with Crippen molar-refractivity contribution in [3.63, 3.8) is 0 Å². The lowest BCUT2D eigenvalue weighted by Gasteiger charge is -2.33. The molecule has 3 rings (SSSR count). The lowest BCUT2D eigenvalue weighted by Crippen LogP contribution is -2.27. The zero-order valence-electron chi connectivity index (χ0n) is 14.8. The van der Waals surface area contributed by atoms with Gasteiger partial charge in [-0.1, -0.05) is 32.5 Å². The molecular formula is C18H24N2O2S2. The molecule has 2 aromatic rings. The molecular weight excluding hydrogens is 340 g/mol. The van der Waals surface area contributed by atoms with E-state index in [2.05, 4.69) is 30.7 Å². The van der Waals surface area contributed by atoms with Gasteiger partial charge in [0, 0.05) is 10.3 Å². The number of aryl methyl sites for hydroxylation is 1. The van der Waals surface area contributed by atoms with E-state index in [1.54, 1.807) is 31.5 Å². The summed E-state index contributed by atoms with van der Waals surface area (Å²) in [4.78, 5) is 22.8. The number of nitrogens with zero attached hydrogens (tertiary/aromatic N) is 2. The van der Waals surface area contributed by atoms with Crippen LogP contribution in [-0.4, -0.2) is 25.8 Å². The van der Waals surface area contributed by atoms with Gasteiger partial charge in [-0.25, -0.2) is 9.97 Å². The maximum absolute atomic E-state index is 11.5. The van der Waals surface area contributed by atoms with Crippen LogP contribution in [0.4, 0.5) is 0 Å². The second kappa shape index (κ2) is 5.99. The third kappa shape index (κ3) is 3.18. The summed E-state index contributed by atoms with van der Waals surface area (Å²) in [5.41, 5.74) is 1.65. The number of thiophene rings is 1. The zero-order chi connectivity index (χ0) is 17.7. The van der Waals surface area contributed by atoms with E-state index in [1.807, 2.05) is 0 Å². The Morgan fingerprint density at radius 1 is 1.29 bits per heavy atom. The van der Waals surface area contributed by atoms with E-state index in [4.69, 9.17) is 0 Å². The summed E-state index contributed by atoms with van der Waals surface area (Å²) in [5, 5.41) is 11.3. The van der Waals surface area contributed by atoms with Gasteiger partial charge in [0.2, 0.25) is 0 Å². The summed E-state index contributed by atoms with van der Waals surface area (Å²) in [5.74, 6) is -0.145. The van der Waals surface area contributed by atoms with Crippen molar-refractivity contribution in [2.75, 3.05) is 0 Å². The van der Waals surface area contributed by atoms with Crippen LogP contribution in [-0.2, 0) is 17.6 Å². The highest BCUT2D eigenvalue weighted by Crippen LogP contribution is 2.46. The molecule has 0 spiro atoms. The standard InChI is InChI=1S/C18H24N2O2S2/c1-17(2,3)10-6-7-11-12(8-10)23-14-13(11)15(20-9-19-14)24-18(4,5)16(21)22/h9-10H,6-8H2,1-5H3,(H,21,22). The van der Waals surface area contributed by atoms with Gasteiger partial charge in [0.15, 0.2) is 0 Å². The number of carboxylic acids is 1. The topological polar surface area (TPSA) is 63.1 Å². The van der Waals surface area contributed by atoms with Crippen molar-refractivity contribution in [2.45, 2.75) is 63.7 Å². The molecule has 1 aliphatic rings. The van der Waals surface area contributed by atoms with Gasteiger partial charge in [-0.3, -0.25) is 4.79 Å². The SMILES string of the molecule is CC(C)(Sc1ncnc2sc3c(c12)CCC(C(C)(C)C)C3)C(=O)O. The Morgan fingerprint density at radius 3 is 2.62 bits per heavy atom. The molecule has 2 aromatic heterocycles. The fourth-order valence-corrected chi connectivity index (χ4v) is 5.51. The maximum Gasteiger partial charge on any atom is 0.319 e. The van der Waals surface area contributed by atoms with Crippen LogP contribution in [0.15, 0.2) is 11.4 Å². The predicted octanol–water partition coefficient (Wildman–Crippen LogP) is 4.80. The molecule has 130 valence electrons. The molecule has 1 aliphatic carbocycles. The fraction of sp³-hybridized carbons (Fsp3) is 0.611. The molecule has 0 saturated carbocycles. The van der Waals surface area contributed by atoms with Crippen LogP contribution in [0, 0.1) is 11.3 Å². The minimum atomic E-state index is -0.904. The second-order valence-corrected chi connectivity index (χ2v) is 10.8. The minimum Gasteiger partial charge on any atom is -0.480 e. The van der Waals surface area contributed by atoms with Crippen molar-refractivity contribution in [3.8, 4) is 0 Å². The molecule has 0 aliphatic heterocycles. The zero-order valence-corrected chi connectivity index (χ0v) is 16.5. The molecule has 6 heteroatoms. The van der Waals surface area contributed by atoms with Gasteiger partial charge in [-0.15, -0.1) is 11.3 Å². The first-order chi connectivity index (χ1) is 11.1. The largest absolute Gasteiger partial charge is 0.480 e. The van der Waals surface area contributed by atoms with Crippen molar-refractivity contribution < 1.29 is 9.90 Å². The van der Waals surface area contributed by atoms with Gasteiger partial charge in [0.25, 0.3) is 0 Å². The third-order valence-corrected chi connectivity index (χ3v) is 7.25. The highest BCUT2D eigenvalue weighted by atomic mass is 32.2. The maximum atomic E-state index is 11.5. The number of rotatable bonds is 3. The summed E-state index contributed by atoms with van der Waals surface area (Å²) in [6, 6.07) is 0. The van der Waals surface area contributed by atoms with E-state index >= 15 is 0 Å². The predicted molar refractivity (Wildman–Crippen MR) is 100.0 cm³/mol. The van der Waals surface area contributed by atoms with Crippen LogP contribution in [0.3, 0.4) is 0 Å². The Hall–Kier alpha value is -1.14. The first kappa shape index (κ1) is 17.7. The van der Waals surface area contributed by atoms with Gasteiger partial charge in [0.05, 0.1) is 0 Å². The van der Waals surface area contributed by atoms with Crippen LogP contribution in [0.5, 0.6) is 0 Å². The quantitative estimate of drug-likeness (QED) is 0.626. The number of aliphatic carboxylic acids is 1. The molecule has 0 bridgehead atoms. The van der Waals surface area contributed by atoms with E-state index in [9.17, 15) is 9.90 Å². The number of aromatic nitrogens is 2. The van der Waals surface area contributed by atoms with Crippen molar-refractivity contribution in [3.05, 3.63) is 16.8 Å². The number of carbonyl (C=O) groups is 1. The van der Waals surface area contributed by atoms with E-state index in [1.165, 1.54) is 28.6 Å². The molecule has 24 heavy (non-hydrogen) atoms. The van der Waals surface area contributed by atoms with Crippen LogP contribution in [0.2, 0.25) is 0 Å². The molecule has 0 saturated heterocycles. The van der Waals surface area contributed by atoms with Crippen LogP contribution in [0.1, 0.15) is 51.5 Å². The van der Waals surface area contributed by atoms with Gasteiger partial charge in [-0.05, 0) is 50.0 Å². The number of thioether (sulfide) groups is 1. The molecule has 1 atom stereocenters. The minimum absolute atomic E-state index is 0.308. The Balaban J connectivity index is 2.03. The highest BCUT2D eigenvalue weighted by molar-refractivity contribution is 8.01. The van der Waals surface area contributed by atoms with Crippen LogP contribution < -0.4 is 0 Å². The smallest absolute Gasteiger partial charge is 0.319 e. The Labute approximate surface area is 151 Å². The van der Waals surface area contributed by atoms with Crippen molar-refractivity contribution >= 4 is 39.3 Å². The average Bonchev–Trinajstić information content (AvgIpc) is 2.84. The number of hydrogen-bond acceptors (Lipinski definition) is 5. The molecule has 1 N–H and O–H groups in total. The third-order valence-electron chi connectivity index (χ3n) is 4.90.